The number of rotatable bonds is 5. The molecule has 1 saturated carbocycles. The third-order valence-electron chi connectivity index (χ3n) is 3.80. The van der Waals surface area contributed by atoms with E-state index in [0.29, 0.717) is 12.1 Å². The van der Waals surface area contributed by atoms with Crippen LogP contribution in [-0.2, 0) is 9.05 Å². The van der Waals surface area contributed by atoms with Crippen LogP contribution in [-0.4, -0.2) is 20.9 Å². The first-order valence-corrected chi connectivity index (χ1v) is 9.02. The molecule has 1 aliphatic carbocycles. The predicted molar refractivity (Wildman–Crippen MR) is 78.5 cm³/mol. The molecule has 1 fully saturated rings. The maximum atomic E-state index is 12.1. The smallest absolute Gasteiger partial charge is 0.261 e. The molecular weight excluding hydrogens is 298 g/mol. The largest absolute Gasteiger partial charge is 0.352 e. The van der Waals surface area contributed by atoms with Gasteiger partial charge in [-0.25, -0.2) is 8.42 Å². The molecule has 0 radical (unpaired) electrons. The summed E-state index contributed by atoms with van der Waals surface area (Å²) in [6, 6.07) is 4.33. The van der Waals surface area contributed by atoms with E-state index in [1.165, 1.54) is 31.4 Å². The summed E-state index contributed by atoms with van der Waals surface area (Å²) in [5.74, 6) is 0.481. The van der Waals surface area contributed by atoms with Crippen LogP contribution >= 0.6 is 10.7 Å². The molecule has 0 aromatic heterocycles. The Morgan fingerprint density at radius 1 is 1.40 bits per heavy atom. The molecule has 0 aliphatic heterocycles. The fourth-order valence-corrected chi connectivity index (χ4v) is 3.04. The van der Waals surface area contributed by atoms with Crippen LogP contribution in [0, 0.1) is 12.8 Å². The Labute approximate surface area is 123 Å². The van der Waals surface area contributed by atoms with Gasteiger partial charge in [-0.1, -0.05) is 25.3 Å². The molecule has 1 aliphatic rings. The van der Waals surface area contributed by atoms with Crippen LogP contribution < -0.4 is 5.32 Å². The Hall–Kier alpha value is -1.07. The van der Waals surface area contributed by atoms with E-state index in [0.717, 1.165) is 17.9 Å². The Kier molecular flexibility index (Phi) is 4.70. The van der Waals surface area contributed by atoms with Crippen LogP contribution in [0.25, 0.3) is 0 Å². The molecule has 0 saturated heterocycles. The third-order valence-corrected chi connectivity index (χ3v) is 5.15. The highest BCUT2D eigenvalue weighted by Crippen LogP contribution is 2.28. The van der Waals surface area contributed by atoms with Crippen molar-refractivity contribution in [3.63, 3.8) is 0 Å². The van der Waals surface area contributed by atoms with Crippen molar-refractivity contribution < 1.29 is 13.2 Å². The number of aryl methyl sites for hydroxylation is 1. The number of halogens is 1. The number of nitrogens with one attached hydrogen (secondary N) is 1. The van der Waals surface area contributed by atoms with Crippen molar-refractivity contribution in [2.45, 2.75) is 37.5 Å². The third kappa shape index (κ3) is 3.73. The van der Waals surface area contributed by atoms with E-state index in [-0.39, 0.29) is 10.8 Å². The molecule has 0 bridgehead atoms. The van der Waals surface area contributed by atoms with E-state index in [9.17, 15) is 13.2 Å². The zero-order valence-corrected chi connectivity index (χ0v) is 12.9. The number of hydrogen-bond acceptors (Lipinski definition) is 3. The zero-order valence-electron chi connectivity index (χ0n) is 11.4. The molecule has 1 aromatic rings. The average molecular weight is 316 g/mol. The monoisotopic (exact) mass is 315 g/mol. The molecule has 0 spiro atoms. The van der Waals surface area contributed by atoms with Gasteiger partial charge in [0.1, 0.15) is 0 Å². The average Bonchev–Trinajstić information content (AvgIpc) is 2.31. The first kappa shape index (κ1) is 15.3. The van der Waals surface area contributed by atoms with Crippen LogP contribution in [0.1, 0.15) is 41.6 Å². The van der Waals surface area contributed by atoms with E-state index in [1.54, 1.807) is 13.0 Å². The SMILES string of the molecule is Cc1ccc(S(=O)(=O)Cl)cc1C(=O)NCCC1CCC1. The lowest BCUT2D eigenvalue weighted by atomic mass is 9.83. The summed E-state index contributed by atoms with van der Waals surface area (Å²) in [4.78, 5) is 12.0. The van der Waals surface area contributed by atoms with E-state index in [4.69, 9.17) is 10.7 Å². The van der Waals surface area contributed by atoms with Crippen molar-refractivity contribution in [1.82, 2.24) is 5.32 Å². The highest BCUT2D eigenvalue weighted by atomic mass is 35.7. The number of hydrogen-bond donors (Lipinski definition) is 1. The zero-order chi connectivity index (χ0) is 14.8. The highest BCUT2D eigenvalue weighted by Gasteiger charge is 2.18. The van der Waals surface area contributed by atoms with Crippen LogP contribution in [0.15, 0.2) is 23.1 Å². The normalized spacial score (nSPS) is 15.7. The van der Waals surface area contributed by atoms with Gasteiger partial charge in [0.25, 0.3) is 15.0 Å². The molecule has 1 amide bonds. The Balaban J connectivity index is 2.04. The summed E-state index contributed by atoms with van der Waals surface area (Å²) in [5, 5.41) is 2.84. The van der Waals surface area contributed by atoms with E-state index in [2.05, 4.69) is 5.32 Å². The van der Waals surface area contributed by atoms with E-state index in [1.807, 2.05) is 0 Å². The van der Waals surface area contributed by atoms with Crippen molar-refractivity contribution >= 4 is 25.6 Å². The summed E-state index contributed by atoms with van der Waals surface area (Å²) < 4.78 is 22.6. The molecule has 20 heavy (non-hydrogen) atoms. The van der Waals surface area contributed by atoms with Crippen molar-refractivity contribution in [2.75, 3.05) is 6.54 Å². The van der Waals surface area contributed by atoms with Crippen LogP contribution in [0.2, 0.25) is 0 Å². The van der Waals surface area contributed by atoms with Gasteiger partial charge in [0.15, 0.2) is 0 Å². The fourth-order valence-electron chi connectivity index (χ4n) is 2.26. The van der Waals surface area contributed by atoms with Gasteiger partial charge < -0.3 is 5.32 Å². The van der Waals surface area contributed by atoms with Crippen molar-refractivity contribution in [1.29, 1.82) is 0 Å². The Morgan fingerprint density at radius 2 is 2.10 bits per heavy atom. The highest BCUT2D eigenvalue weighted by molar-refractivity contribution is 8.13. The topological polar surface area (TPSA) is 63.2 Å². The minimum absolute atomic E-state index is 0.0473. The molecule has 1 aromatic carbocycles. The molecule has 2 rings (SSSR count). The summed E-state index contributed by atoms with van der Waals surface area (Å²) in [6.07, 6.45) is 4.76. The van der Waals surface area contributed by atoms with Gasteiger partial charge in [-0.15, -0.1) is 0 Å². The minimum Gasteiger partial charge on any atom is -0.352 e. The second-order valence-electron chi connectivity index (χ2n) is 5.26. The summed E-state index contributed by atoms with van der Waals surface area (Å²) >= 11 is 0. The quantitative estimate of drug-likeness (QED) is 0.850. The van der Waals surface area contributed by atoms with Gasteiger partial charge in [0.05, 0.1) is 4.90 Å². The van der Waals surface area contributed by atoms with E-state index >= 15 is 0 Å². The van der Waals surface area contributed by atoms with E-state index < -0.39 is 9.05 Å². The number of amides is 1. The van der Waals surface area contributed by atoms with Crippen molar-refractivity contribution in [3.8, 4) is 0 Å². The number of carbonyl (C=O) groups excluding carboxylic acids is 1. The lowest BCUT2D eigenvalue weighted by Gasteiger charge is -2.25. The van der Waals surface area contributed by atoms with Crippen LogP contribution in [0.4, 0.5) is 0 Å². The molecule has 0 atom stereocenters. The van der Waals surface area contributed by atoms with Crippen LogP contribution in [0.3, 0.4) is 0 Å². The van der Waals surface area contributed by atoms with Gasteiger partial charge in [0.2, 0.25) is 0 Å². The lowest BCUT2D eigenvalue weighted by Crippen LogP contribution is -2.28. The lowest BCUT2D eigenvalue weighted by molar-refractivity contribution is 0.0948. The van der Waals surface area contributed by atoms with Crippen molar-refractivity contribution in [3.05, 3.63) is 29.3 Å². The second kappa shape index (κ2) is 6.14. The molecule has 0 unspecified atom stereocenters. The van der Waals surface area contributed by atoms with Crippen LogP contribution in [0.5, 0.6) is 0 Å². The van der Waals surface area contributed by atoms with Gasteiger partial charge in [-0.2, -0.15) is 0 Å². The van der Waals surface area contributed by atoms with Gasteiger partial charge in [-0.05, 0) is 37.0 Å². The number of benzene rings is 1. The van der Waals surface area contributed by atoms with Gasteiger partial charge >= 0.3 is 0 Å². The Bertz CT molecular complexity index is 609. The molecule has 6 heteroatoms. The minimum atomic E-state index is -3.81. The molecular formula is C14H18ClNO3S. The summed E-state index contributed by atoms with van der Waals surface area (Å²) in [6.45, 7) is 2.40. The van der Waals surface area contributed by atoms with Crippen molar-refractivity contribution in [2.24, 2.45) is 5.92 Å². The summed E-state index contributed by atoms with van der Waals surface area (Å²) in [5.41, 5.74) is 1.09. The first-order chi connectivity index (χ1) is 9.38. The maximum absolute atomic E-state index is 12.1. The molecule has 0 heterocycles. The molecule has 1 N–H and O–H groups in total. The Morgan fingerprint density at radius 3 is 2.65 bits per heavy atom. The first-order valence-electron chi connectivity index (χ1n) is 6.71. The second-order valence-corrected chi connectivity index (χ2v) is 7.82. The summed E-state index contributed by atoms with van der Waals surface area (Å²) in [7, 11) is 1.49. The van der Waals surface area contributed by atoms with Gasteiger partial charge in [-0.3, -0.25) is 4.79 Å². The molecule has 110 valence electrons. The molecule has 4 nitrogen and oxygen atoms in total. The fraction of sp³-hybridized carbons (Fsp3) is 0.500. The number of carbonyl (C=O) groups is 1. The maximum Gasteiger partial charge on any atom is 0.261 e. The standard InChI is InChI=1S/C14H18ClNO3S/c1-10-5-6-12(20(15,18)19)9-13(10)14(17)16-8-7-11-3-2-4-11/h5-6,9,11H,2-4,7-8H2,1H3,(H,16,17). The van der Waals surface area contributed by atoms with Gasteiger partial charge in [0, 0.05) is 22.8 Å². The predicted octanol–water partition coefficient (Wildman–Crippen LogP) is 2.84.